The molecule has 1 aromatic rings. The lowest BCUT2D eigenvalue weighted by Crippen LogP contribution is -2.23. The summed E-state index contributed by atoms with van der Waals surface area (Å²) in [5.41, 5.74) is 0.693. The second-order valence-corrected chi connectivity index (χ2v) is 7.27. The summed E-state index contributed by atoms with van der Waals surface area (Å²) in [6, 6.07) is 7.15. The maximum Gasteiger partial charge on any atom is 0.241 e. The van der Waals surface area contributed by atoms with E-state index in [4.69, 9.17) is 11.6 Å². The minimum Gasteiger partial charge on any atom is -0.295 e. The lowest BCUT2D eigenvalue weighted by Gasteiger charge is -2.16. The molecule has 2 atom stereocenters. The number of amides is 2. The van der Waals surface area contributed by atoms with Gasteiger partial charge in [0.2, 0.25) is 11.8 Å². The van der Waals surface area contributed by atoms with E-state index in [9.17, 15) is 9.59 Å². The predicted octanol–water partition coefficient (Wildman–Crippen LogP) is 2.28. The zero-order valence-electron chi connectivity index (χ0n) is 10.3. The van der Waals surface area contributed by atoms with Gasteiger partial charge in [0.15, 0.2) is 0 Å². The van der Waals surface area contributed by atoms with Crippen molar-refractivity contribution in [1.29, 1.82) is 0 Å². The Labute approximate surface area is 129 Å². The molecule has 3 rings (SSSR count). The van der Waals surface area contributed by atoms with Crippen LogP contribution in [-0.4, -0.2) is 33.7 Å². The van der Waals surface area contributed by atoms with Crippen molar-refractivity contribution in [2.45, 2.75) is 11.2 Å². The molecule has 2 unspecified atom stereocenters. The van der Waals surface area contributed by atoms with Crippen LogP contribution in [0.4, 0.5) is 0 Å². The minimum atomic E-state index is -0.551. The van der Waals surface area contributed by atoms with Gasteiger partial charge in [0, 0.05) is 10.8 Å². The molecule has 1 aromatic carbocycles. The molecule has 20 heavy (non-hydrogen) atoms. The summed E-state index contributed by atoms with van der Waals surface area (Å²) in [5.74, 6) is -0.170. The van der Waals surface area contributed by atoms with E-state index in [1.165, 1.54) is 11.8 Å². The lowest BCUT2D eigenvalue weighted by molar-refractivity contribution is -0.125. The zero-order chi connectivity index (χ0) is 14.1. The lowest BCUT2D eigenvalue weighted by atomic mass is 9.97. The summed E-state index contributed by atoms with van der Waals surface area (Å²) in [6.45, 7) is 0.770. The topological polar surface area (TPSA) is 58.5 Å². The molecule has 7 heteroatoms. The third kappa shape index (κ3) is 2.60. The fraction of sp³-hybridized carbons (Fsp3) is 0.308. The van der Waals surface area contributed by atoms with Gasteiger partial charge in [-0.1, -0.05) is 53.3 Å². The van der Waals surface area contributed by atoms with Crippen molar-refractivity contribution in [3.63, 3.8) is 0 Å². The van der Waals surface area contributed by atoms with Gasteiger partial charge in [-0.05, 0) is 11.6 Å². The zero-order valence-corrected chi connectivity index (χ0v) is 12.7. The van der Waals surface area contributed by atoms with Crippen LogP contribution in [0, 0.1) is 0 Å². The van der Waals surface area contributed by atoms with Crippen molar-refractivity contribution < 1.29 is 9.59 Å². The Hall–Kier alpha value is -0.980. The monoisotopic (exact) mass is 326 g/mol. The largest absolute Gasteiger partial charge is 0.295 e. The van der Waals surface area contributed by atoms with Gasteiger partial charge in [0.05, 0.1) is 12.5 Å². The Bertz CT molecular complexity index is 606. The highest BCUT2D eigenvalue weighted by Crippen LogP contribution is 2.39. The number of hydrogen-bond donors (Lipinski definition) is 1. The standard InChI is InChI=1S/C13H11ClN2O2S2/c14-8-4-2-1-3-7(8)9-10(12(18)16-11(9)17)20-13-15-5-6-19-13/h1-4,9-10H,5-6H2,(H,16,17,18). The van der Waals surface area contributed by atoms with Crippen LogP contribution in [0.15, 0.2) is 29.3 Å². The summed E-state index contributed by atoms with van der Waals surface area (Å²) < 4.78 is 0.872. The molecule has 1 fully saturated rings. The first-order valence-electron chi connectivity index (χ1n) is 6.10. The van der Waals surface area contributed by atoms with E-state index < -0.39 is 11.2 Å². The highest BCUT2D eigenvalue weighted by atomic mass is 35.5. The van der Waals surface area contributed by atoms with Crippen molar-refractivity contribution in [1.82, 2.24) is 5.32 Å². The van der Waals surface area contributed by atoms with Gasteiger partial charge >= 0.3 is 0 Å². The average Bonchev–Trinajstić information content (AvgIpc) is 3.01. The van der Waals surface area contributed by atoms with Gasteiger partial charge in [-0.3, -0.25) is 19.9 Å². The van der Waals surface area contributed by atoms with E-state index >= 15 is 0 Å². The number of benzene rings is 1. The molecule has 0 spiro atoms. The highest BCUT2D eigenvalue weighted by Gasteiger charge is 2.44. The molecule has 2 heterocycles. The Morgan fingerprint density at radius 1 is 1.30 bits per heavy atom. The number of thioether (sulfide) groups is 2. The second kappa shape index (κ2) is 5.79. The van der Waals surface area contributed by atoms with Crippen LogP contribution in [0.25, 0.3) is 0 Å². The first kappa shape index (κ1) is 14.0. The average molecular weight is 327 g/mol. The number of halogens is 1. The molecule has 0 aromatic heterocycles. The molecule has 1 N–H and O–H groups in total. The fourth-order valence-corrected chi connectivity index (χ4v) is 4.79. The number of nitrogens with zero attached hydrogens (tertiary/aromatic N) is 1. The molecule has 0 radical (unpaired) electrons. The van der Waals surface area contributed by atoms with Crippen LogP contribution in [0.1, 0.15) is 11.5 Å². The number of rotatable bonds is 2. The van der Waals surface area contributed by atoms with E-state index in [1.54, 1.807) is 30.0 Å². The van der Waals surface area contributed by atoms with Gasteiger partial charge in [0.1, 0.15) is 9.63 Å². The first-order valence-corrected chi connectivity index (χ1v) is 8.34. The maximum absolute atomic E-state index is 12.1. The normalized spacial score (nSPS) is 25.8. The Kier molecular flexibility index (Phi) is 4.05. The fourth-order valence-electron chi connectivity index (χ4n) is 2.21. The molecule has 4 nitrogen and oxygen atoms in total. The summed E-state index contributed by atoms with van der Waals surface area (Å²) in [6.07, 6.45) is 0. The van der Waals surface area contributed by atoms with Gasteiger partial charge in [-0.2, -0.15) is 0 Å². The van der Waals surface area contributed by atoms with Crippen molar-refractivity contribution in [2.24, 2.45) is 4.99 Å². The first-order chi connectivity index (χ1) is 9.66. The van der Waals surface area contributed by atoms with Crippen LogP contribution in [0.2, 0.25) is 5.02 Å². The molecule has 2 amide bonds. The number of carbonyl (C=O) groups is 2. The highest BCUT2D eigenvalue weighted by molar-refractivity contribution is 8.39. The Morgan fingerprint density at radius 3 is 2.80 bits per heavy atom. The van der Waals surface area contributed by atoms with E-state index in [2.05, 4.69) is 10.3 Å². The molecular weight excluding hydrogens is 316 g/mol. The summed E-state index contributed by atoms with van der Waals surface area (Å²) in [4.78, 5) is 28.4. The number of nitrogens with one attached hydrogen (secondary N) is 1. The summed E-state index contributed by atoms with van der Waals surface area (Å²) in [7, 11) is 0. The van der Waals surface area contributed by atoms with Crippen LogP contribution < -0.4 is 5.32 Å². The SMILES string of the molecule is O=C1NC(=O)C(c2ccccc2Cl)C1SC1=NCCS1. The molecular formula is C13H11ClN2O2S2. The van der Waals surface area contributed by atoms with Crippen LogP contribution >= 0.6 is 35.1 Å². The van der Waals surface area contributed by atoms with E-state index in [1.807, 2.05) is 6.07 Å². The summed E-state index contributed by atoms with van der Waals surface area (Å²) >= 11 is 9.15. The summed E-state index contributed by atoms with van der Waals surface area (Å²) in [5, 5.41) is 2.41. The number of imide groups is 1. The smallest absolute Gasteiger partial charge is 0.241 e. The van der Waals surface area contributed by atoms with Crippen molar-refractivity contribution in [2.75, 3.05) is 12.3 Å². The molecule has 104 valence electrons. The molecule has 2 aliphatic rings. The van der Waals surface area contributed by atoms with Crippen molar-refractivity contribution in [3.8, 4) is 0 Å². The molecule has 0 saturated carbocycles. The quantitative estimate of drug-likeness (QED) is 0.847. The van der Waals surface area contributed by atoms with Crippen LogP contribution in [0.3, 0.4) is 0 Å². The predicted molar refractivity (Wildman–Crippen MR) is 83.5 cm³/mol. The minimum absolute atomic E-state index is 0.264. The number of hydrogen-bond acceptors (Lipinski definition) is 5. The second-order valence-electron chi connectivity index (χ2n) is 4.39. The molecule has 2 aliphatic heterocycles. The van der Waals surface area contributed by atoms with Crippen LogP contribution in [-0.2, 0) is 9.59 Å². The van der Waals surface area contributed by atoms with Gasteiger partial charge in [-0.15, -0.1) is 0 Å². The number of aliphatic imine (C=N–C) groups is 1. The van der Waals surface area contributed by atoms with Crippen molar-refractivity contribution >= 4 is 51.3 Å². The van der Waals surface area contributed by atoms with Crippen molar-refractivity contribution in [3.05, 3.63) is 34.9 Å². The van der Waals surface area contributed by atoms with E-state index in [0.717, 1.165) is 16.7 Å². The Balaban J connectivity index is 1.91. The maximum atomic E-state index is 12.1. The number of carbonyl (C=O) groups excluding carboxylic acids is 2. The molecule has 0 bridgehead atoms. The molecule has 1 saturated heterocycles. The van der Waals surface area contributed by atoms with Gasteiger partial charge in [0.25, 0.3) is 0 Å². The van der Waals surface area contributed by atoms with Crippen LogP contribution in [0.5, 0.6) is 0 Å². The third-order valence-corrected chi connectivity index (χ3v) is 5.94. The van der Waals surface area contributed by atoms with E-state index in [0.29, 0.717) is 10.6 Å². The Morgan fingerprint density at radius 2 is 2.10 bits per heavy atom. The van der Waals surface area contributed by atoms with E-state index in [-0.39, 0.29) is 11.8 Å². The molecule has 0 aliphatic carbocycles. The van der Waals surface area contributed by atoms with Gasteiger partial charge in [-0.25, -0.2) is 0 Å². The van der Waals surface area contributed by atoms with Gasteiger partial charge < -0.3 is 0 Å². The third-order valence-electron chi connectivity index (χ3n) is 3.12.